The Morgan fingerprint density at radius 3 is 2.69 bits per heavy atom. The maximum atomic E-state index is 13.3. The number of ether oxygens (including phenoxy) is 1. The Labute approximate surface area is 166 Å². The number of nitrogens with zero attached hydrogens (tertiary/aromatic N) is 3. The van der Waals surface area contributed by atoms with Crippen LogP contribution in [0.15, 0.2) is 65.7 Å². The second-order valence-electron chi connectivity index (χ2n) is 6.79. The van der Waals surface area contributed by atoms with Crippen molar-refractivity contribution < 1.29 is 9.13 Å². The standard InChI is InChI=1S/C22H19FN4O2/c1-14-11-16(23)4-3-15(14)13-27(2)17-5-7-18(8-6-17)29-22-25-20-12-24-10-9-19(20)21(28)26-22/h3-12H,13H2,1-2H3,(H,25,26,28). The summed E-state index contributed by atoms with van der Waals surface area (Å²) in [6.45, 7) is 2.55. The SMILES string of the molecule is Cc1cc(F)ccc1CN(C)c1ccc(Oc2nc3cnccc3c(=O)[nH]2)cc1. The minimum absolute atomic E-state index is 0.110. The van der Waals surface area contributed by atoms with Crippen molar-refractivity contribution in [1.82, 2.24) is 15.0 Å². The first-order valence-corrected chi connectivity index (χ1v) is 9.08. The molecule has 0 aliphatic heterocycles. The highest BCUT2D eigenvalue weighted by atomic mass is 19.1. The van der Waals surface area contributed by atoms with E-state index in [4.69, 9.17) is 4.74 Å². The van der Waals surface area contributed by atoms with Crippen molar-refractivity contribution >= 4 is 16.6 Å². The first-order chi connectivity index (χ1) is 14.0. The van der Waals surface area contributed by atoms with Crippen LogP contribution in [0.2, 0.25) is 0 Å². The van der Waals surface area contributed by atoms with Crippen LogP contribution in [0.4, 0.5) is 10.1 Å². The summed E-state index contributed by atoms with van der Waals surface area (Å²) in [6.07, 6.45) is 3.06. The molecule has 0 atom stereocenters. The Morgan fingerprint density at radius 2 is 1.93 bits per heavy atom. The molecule has 0 aliphatic carbocycles. The second kappa shape index (κ2) is 7.71. The predicted molar refractivity (Wildman–Crippen MR) is 110 cm³/mol. The molecule has 0 fully saturated rings. The Balaban J connectivity index is 1.50. The van der Waals surface area contributed by atoms with Crippen molar-refractivity contribution in [3.63, 3.8) is 0 Å². The number of rotatable bonds is 5. The lowest BCUT2D eigenvalue weighted by Crippen LogP contribution is -2.17. The highest BCUT2D eigenvalue weighted by molar-refractivity contribution is 5.76. The van der Waals surface area contributed by atoms with Crippen molar-refractivity contribution in [2.45, 2.75) is 13.5 Å². The molecular formula is C22H19FN4O2. The molecule has 6 nitrogen and oxygen atoms in total. The van der Waals surface area contributed by atoms with Gasteiger partial charge in [-0.3, -0.25) is 14.8 Å². The number of anilines is 1. The van der Waals surface area contributed by atoms with E-state index in [0.717, 1.165) is 16.8 Å². The van der Waals surface area contributed by atoms with E-state index in [0.29, 0.717) is 23.2 Å². The molecule has 29 heavy (non-hydrogen) atoms. The van der Waals surface area contributed by atoms with Crippen LogP contribution in [-0.2, 0) is 6.54 Å². The topological polar surface area (TPSA) is 71.1 Å². The van der Waals surface area contributed by atoms with Gasteiger partial charge in [-0.2, -0.15) is 4.98 Å². The summed E-state index contributed by atoms with van der Waals surface area (Å²) in [4.78, 5) is 25.1. The molecule has 0 aliphatic rings. The summed E-state index contributed by atoms with van der Waals surface area (Å²) in [7, 11) is 1.97. The minimum atomic E-state index is -0.279. The molecule has 4 rings (SSSR count). The molecular weight excluding hydrogens is 371 g/mol. The number of hydrogen-bond acceptors (Lipinski definition) is 5. The Bertz CT molecular complexity index is 1220. The Kier molecular flexibility index (Phi) is 4.95. The van der Waals surface area contributed by atoms with Crippen LogP contribution in [0.3, 0.4) is 0 Å². The Morgan fingerprint density at radius 1 is 1.14 bits per heavy atom. The van der Waals surface area contributed by atoms with Crippen LogP contribution in [0.1, 0.15) is 11.1 Å². The quantitative estimate of drug-likeness (QED) is 0.553. The number of aromatic nitrogens is 3. The van der Waals surface area contributed by atoms with Crippen molar-refractivity contribution in [3.8, 4) is 11.8 Å². The first kappa shape index (κ1) is 18.6. The molecule has 0 bridgehead atoms. The van der Waals surface area contributed by atoms with Gasteiger partial charge in [0.15, 0.2) is 0 Å². The average Bonchev–Trinajstić information content (AvgIpc) is 2.71. The molecule has 2 aromatic carbocycles. The number of H-pyrrole nitrogens is 1. The van der Waals surface area contributed by atoms with Crippen LogP contribution < -0.4 is 15.2 Å². The van der Waals surface area contributed by atoms with Gasteiger partial charge in [0, 0.05) is 25.5 Å². The molecule has 146 valence electrons. The van der Waals surface area contributed by atoms with Gasteiger partial charge in [-0.15, -0.1) is 0 Å². The normalized spacial score (nSPS) is 10.9. The summed E-state index contributed by atoms with van der Waals surface area (Å²) in [5.41, 5.74) is 3.14. The zero-order valence-corrected chi connectivity index (χ0v) is 16.0. The lowest BCUT2D eigenvalue weighted by atomic mass is 10.1. The predicted octanol–water partition coefficient (Wildman–Crippen LogP) is 4.19. The van der Waals surface area contributed by atoms with Gasteiger partial charge in [0.25, 0.3) is 5.56 Å². The van der Waals surface area contributed by atoms with Crippen LogP contribution in [-0.4, -0.2) is 22.0 Å². The molecule has 0 spiro atoms. The second-order valence-corrected chi connectivity index (χ2v) is 6.79. The summed E-state index contributed by atoms with van der Waals surface area (Å²) in [5, 5.41) is 0.459. The number of aryl methyl sites for hydroxylation is 1. The molecule has 0 amide bonds. The van der Waals surface area contributed by atoms with E-state index < -0.39 is 0 Å². The van der Waals surface area contributed by atoms with E-state index >= 15 is 0 Å². The largest absolute Gasteiger partial charge is 0.426 e. The number of fused-ring (bicyclic) bond motifs is 1. The van der Waals surface area contributed by atoms with E-state index in [1.165, 1.54) is 18.3 Å². The highest BCUT2D eigenvalue weighted by Gasteiger charge is 2.08. The summed E-state index contributed by atoms with van der Waals surface area (Å²) in [5.74, 6) is 0.318. The van der Waals surface area contributed by atoms with E-state index in [-0.39, 0.29) is 17.4 Å². The molecule has 0 radical (unpaired) electrons. The maximum Gasteiger partial charge on any atom is 0.302 e. The Hall–Kier alpha value is -3.74. The third-order valence-corrected chi connectivity index (χ3v) is 4.69. The number of nitrogens with one attached hydrogen (secondary N) is 1. The zero-order valence-electron chi connectivity index (χ0n) is 16.0. The monoisotopic (exact) mass is 390 g/mol. The molecule has 0 saturated heterocycles. The van der Waals surface area contributed by atoms with Crippen LogP contribution in [0, 0.1) is 12.7 Å². The fraction of sp³-hybridized carbons (Fsp3) is 0.136. The van der Waals surface area contributed by atoms with Crippen LogP contribution >= 0.6 is 0 Å². The lowest BCUT2D eigenvalue weighted by Gasteiger charge is -2.21. The van der Waals surface area contributed by atoms with Crippen molar-refractivity contribution in [1.29, 1.82) is 0 Å². The first-order valence-electron chi connectivity index (χ1n) is 9.08. The van der Waals surface area contributed by atoms with Crippen molar-refractivity contribution in [3.05, 3.63) is 88.2 Å². The third kappa shape index (κ3) is 4.08. The van der Waals surface area contributed by atoms with Gasteiger partial charge in [-0.25, -0.2) is 4.39 Å². The fourth-order valence-corrected chi connectivity index (χ4v) is 3.08. The molecule has 1 N–H and O–H groups in total. The number of aromatic amines is 1. The molecule has 0 saturated carbocycles. The summed E-state index contributed by atoms with van der Waals surface area (Å²) < 4.78 is 19.0. The summed E-state index contributed by atoms with van der Waals surface area (Å²) in [6, 6.07) is 14.0. The van der Waals surface area contributed by atoms with E-state index in [9.17, 15) is 9.18 Å². The molecule has 2 aromatic heterocycles. The highest BCUT2D eigenvalue weighted by Crippen LogP contribution is 2.24. The van der Waals surface area contributed by atoms with Gasteiger partial charge in [0.1, 0.15) is 11.6 Å². The lowest BCUT2D eigenvalue weighted by molar-refractivity contribution is 0.442. The molecule has 2 heterocycles. The van der Waals surface area contributed by atoms with Crippen molar-refractivity contribution in [2.75, 3.05) is 11.9 Å². The number of hydrogen-bond donors (Lipinski definition) is 1. The number of pyridine rings is 1. The van der Waals surface area contributed by atoms with E-state index in [1.807, 2.05) is 26.1 Å². The maximum absolute atomic E-state index is 13.3. The molecule has 0 unspecified atom stereocenters. The van der Waals surface area contributed by atoms with Crippen LogP contribution in [0.5, 0.6) is 11.8 Å². The summed E-state index contributed by atoms with van der Waals surface area (Å²) >= 11 is 0. The van der Waals surface area contributed by atoms with Crippen LogP contribution in [0.25, 0.3) is 10.9 Å². The van der Waals surface area contributed by atoms with E-state index in [1.54, 1.807) is 30.5 Å². The van der Waals surface area contributed by atoms with Gasteiger partial charge in [-0.1, -0.05) is 6.07 Å². The van der Waals surface area contributed by atoms with Gasteiger partial charge in [0.05, 0.1) is 17.1 Å². The van der Waals surface area contributed by atoms with Gasteiger partial charge < -0.3 is 9.64 Å². The van der Waals surface area contributed by atoms with Gasteiger partial charge >= 0.3 is 6.01 Å². The van der Waals surface area contributed by atoms with Crippen molar-refractivity contribution in [2.24, 2.45) is 0 Å². The van der Waals surface area contributed by atoms with Gasteiger partial charge in [-0.05, 0) is 60.5 Å². The minimum Gasteiger partial charge on any atom is -0.426 e. The number of halogens is 1. The fourth-order valence-electron chi connectivity index (χ4n) is 3.08. The third-order valence-electron chi connectivity index (χ3n) is 4.69. The van der Waals surface area contributed by atoms with E-state index in [2.05, 4.69) is 19.9 Å². The van der Waals surface area contributed by atoms with Gasteiger partial charge in [0.2, 0.25) is 0 Å². The average molecular weight is 390 g/mol. The number of benzene rings is 2. The smallest absolute Gasteiger partial charge is 0.302 e. The molecule has 4 aromatic rings. The zero-order chi connectivity index (χ0) is 20.4. The molecule has 7 heteroatoms.